The summed E-state index contributed by atoms with van der Waals surface area (Å²) >= 11 is 1.65. The molecule has 2 heterocycles. The van der Waals surface area contributed by atoms with E-state index in [4.69, 9.17) is 9.73 Å². The van der Waals surface area contributed by atoms with Crippen LogP contribution in [0.2, 0.25) is 0 Å². The minimum absolute atomic E-state index is 0.160. The van der Waals surface area contributed by atoms with E-state index in [2.05, 4.69) is 26.8 Å². The van der Waals surface area contributed by atoms with Gasteiger partial charge in [-0.05, 0) is 49.1 Å². The van der Waals surface area contributed by atoms with Gasteiger partial charge in [0.2, 0.25) is 0 Å². The van der Waals surface area contributed by atoms with Crippen LogP contribution in [0.25, 0.3) is 10.9 Å². The second-order valence-electron chi connectivity index (χ2n) is 9.39. The summed E-state index contributed by atoms with van der Waals surface area (Å²) in [6.45, 7) is 9.22. The predicted octanol–water partition coefficient (Wildman–Crippen LogP) is 6.04. The second-order valence-corrected chi connectivity index (χ2v) is 10.5. The molecule has 4 rings (SSSR count). The lowest BCUT2D eigenvalue weighted by atomic mass is 9.72. The van der Waals surface area contributed by atoms with Gasteiger partial charge in [0.1, 0.15) is 17.6 Å². The maximum Gasteiger partial charge on any atom is 0.325 e. The molecule has 0 saturated carbocycles. The molecule has 0 fully saturated rings. The number of ether oxygens (including phenoxy) is 1. The number of hydrogen-bond donors (Lipinski definition) is 0. The molecule has 1 atom stereocenters. The predicted molar refractivity (Wildman–Crippen MR) is 130 cm³/mol. The van der Waals surface area contributed by atoms with Crippen LogP contribution in [0.1, 0.15) is 55.7 Å². The molecule has 6 heteroatoms. The Balaban J connectivity index is 1.67. The number of carbonyl (C=O) groups excluding carboxylic acids is 1. The fourth-order valence-electron chi connectivity index (χ4n) is 4.50. The summed E-state index contributed by atoms with van der Waals surface area (Å²) in [6, 6.07) is 10.4. The monoisotopic (exact) mass is 447 g/mol. The van der Waals surface area contributed by atoms with Gasteiger partial charge in [0.05, 0.1) is 12.2 Å². The van der Waals surface area contributed by atoms with Gasteiger partial charge in [-0.25, -0.2) is 4.99 Å². The van der Waals surface area contributed by atoms with Gasteiger partial charge in [-0.15, -0.1) is 11.3 Å². The SMILES string of the molecule is CCOC(=O)Cn1cc(C=Nc2sc3c(c2C#N)CC[C@H](C(C)(C)C)C3)c2ccccc21. The summed E-state index contributed by atoms with van der Waals surface area (Å²) in [4.78, 5) is 18.1. The van der Waals surface area contributed by atoms with Crippen molar-refractivity contribution >= 4 is 39.4 Å². The molecule has 0 amide bonds. The Hall–Kier alpha value is -2.91. The highest BCUT2D eigenvalue weighted by Gasteiger charge is 2.32. The number of rotatable bonds is 5. The van der Waals surface area contributed by atoms with E-state index in [1.54, 1.807) is 18.3 Å². The van der Waals surface area contributed by atoms with Crippen molar-refractivity contribution < 1.29 is 9.53 Å². The van der Waals surface area contributed by atoms with Crippen LogP contribution in [0.3, 0.4) is 0 Å². The molecule has 0 N–H and O–H groups in total. The molecular formula is C26H29N3O2S. The first-order valence-electron chi connectivity index (χ1n) is 11.1. The van der Waals surface area contributed by atoms with Crippen LogP contribution in [-0.2, 0) is 28.9 Å². The minimum Gasteiger partial charge on any atom is -0.465 e. The lowest BCUT2D eigenvalue weighted by Gasteiger charge is -2.33. The average Bonchev–Trinajstić information content (AvgIpc) is 3.29. The zero-order chi connectivity index (χ0) is 22.9. The van der Waals surface area contributed by atoms with Crippen LogP contribution in [0.4, 0.5) is 5.00 Å². The van der Waals surface area contributed by atoms with E-state index >= 15 is 0 Å². The van der Waals surface area contributed by atoms with Crippen molar-refractivity contribution in [1.82, 2.24) is 4.57 Å². The van der Waals surface area contributed by atoms with Gasteiger partial charge in [-0.3, -0.25) is 4.79 Å². The summed E-state index contributed by atoms with van der Waals surface area (Å²) in [5.74, 6) is 0.362. The topological polar surface area (TPSA) is 67.4 Å². The van der Waals surface area contributed by atoms with E-state index in [0.717, 1.165) is 46.3 Å². The van der Waals surface area contributed by atoms with E-state index in [9.17, 15) is 10.1 Å². The third-order valence-electron chi connectivity index (χ3n) is 6.33. The maximum absolute atomic E-state index is 12.0. The molecular weight excluding hydrogens is 418 g/mol. The standard InChI is InChI=1S/C26H29N3O2S/c1-5-31-24(30)16-29-15-17(19-8-6-7-9-22(19)29)14-28-25-21(13-27)20-11-10-18(26(2,3)4)12-23(20)32-25/h6-9,14-15,18H,5,10-12,16H2,1-4H3/t18-/m0/s1. The number of esters is 1. The summed E-state index contributed by atoms with van der Waals surface area (Å²) in [5, 5.41) is 11.6. The van der Waals surface area contributed by atoms with E-state index in [0.29, 0.717) is 12.5 Å². The molecule has 0 bridgehead atoms. The second kappa shape index (κ2) is 8.91. The Labute approximate surface area is 193 Å². The van der Waals surface area contributed by atoms with Crippen molar-refractivity contribution in [2.75, 3.05) is 6.61 Å². The molecule has 0 spiro atoms. The molecule has 0 radical (unpaired) electrons. The molecule has 0 unspecified atom stereocenters. The molecule has 5 nitrogen and oxygen atoms in total. The summed E-state index contributed by atoms with van der Waals surface area (Å²) in [7, 11) is 0. The van der Waals surface area contributed by atoms with Crippen LogP contribution in [0, 0.1) is 22.7 Å². The fraction of sp³-hybridized carbons (Fsp3) is 0.423. The van der Waals surface area contributed by atoms with Crippen molar-refractivity contribution in [2.24, 2.45) is 16.3 Å². The van der Waals surface area contributed by atoms with Gasteiger partial charge in [0, 0.05) is 33.8 Å². The highest BCUT2D eigenvalue weighted by molar-refractivity contribution is 7.16. The number of benzene rings is 1. The first kappa shape index (κ1) is 22.3. The molecule has 1 aliphatic carbocycles. The quantitative estimate of drug-likeness (QED) is 0.354. The molecule has 1 aliphatic rings. The van der Waals surface area contributed by atoms with Gasteiger partial charge >= 0.3 is 5.97 Å². The number of thiophene rings is 1. The van der Waals surface area contributed by atoms with Crippen LogP contribution in [-0.4, -0.2) is 23.4 Å². The van der Waals surface area contributed by atoms with Crippen molar-refractivity contribution in [3.05, 3.63) is 52.0 Å². The number of aromatic nitrogens is 1. The van der Waals surface area contributed by atoms with Crippen molar-refractivity contribution in [3.63, 3.8) is 0 Å². The third kappa shape index (κ3) is 4.35. The normalized spacial score (nSPS) is 16.3. The Morgan fingerprint density at radius 2 is 2.16 bits per heavy atom. The summed E-state index contributed by atoms with van der Waals surface area (Å²) in [6.07, 6.45) is 6.84. The van der Waals surface area contributed by atoms with Crippen molar-refractivity contribution in [3.8, 4) is 6.07 Å². The number of nitriles is 1. The zero-order valence-corrected chi connectivity index (χ0v) is 20.0. The highest BCUT2D eigenvalue weighted by Crippen LogP contribution is 2.44. The first-order chi connectivity index (χ1) is 15.3. The molecule has 1 aromatic carbocycles. The zero-order valence-electron chi connectivity index (χ0n) is 19.1. The lowest BCUT2D eigenvalue weighted by Crippen LogP contribution is -2.26. The fourth-order valence-corrected chi connectivity index (χ4v) is 5.72. The summed E-state index contributed by atoms with van der Waals surface area (Å²) in [5.41, 5.74) is 4.06. The molecule has 0 saturated heterocycles. The van der Waals surface area contributed by atoms with E-state index in [1.807, 2.05) is 41.2 Å². The molecule has 2 aromatic heterocycles. The minimum atomic E-state index is -0.261. The smallest absolute Gasteiger partial charge is 0.325 e. The Bertz CT molecular complexity index is 1220. The van der Waals surface area contributed by atoms with Gasteiger partial charge < -0.3 is 9.30 Å². The Kier molecular flexibility index (Phi) is 6.21. The molecule has 3 aromatic rings. The molecule has 0 aliphatic heterocycles. The average molecular weight is 448 g/mol. The number of para-hydroxylation sites is 1. The van der Waals surface area contributed by atoms with Crippen molar-refractivity contribution in [1.29, 1.82) is 5.26 Å². The molecule has 32 heavy (non-hydrogen) atoms. The van der Waals surface area contributed by atoms with E-state index < -0.39 is 0 Å². The Morgan fingerprint density at radius 1 is 1.38 bits per heavy atom. The van der Waals surface area contributed by atoms with Crippen LogP contribution < -0.4 is 0 Å². The van der Waals surface area contributed by atoms with Crippen molar-refractivity contribution in [2.45, 2.75) is 53.5 Å². The van der Waals surface area contributed by atoms with E-state index in [1.165, 1.54) is 10.4 Å². The van der Waals surface area contributed by atoms with Gasteiger partial charge in [-0.1, -0.05) is 39.0 Å². The van der Waals surface area contributed by atoms with Crippen LogP contribution in [0.15, 0.2) is 35.5 Å². The number of hydrogen-bond acceptors (Lipinski definition) is 5. The Morgan fingerprint density at radius 3 is 2.88 bits per heavy atom. The molecule has 166 valence electrons. The van der Waals surface area contributed by atoms with Crippen LogP contribution >= 0.6 is 11.3 Å². The third-order valence-corrected chi connectivity index (χ3v) is 7.49. The number of carbonyl (C=O) groups is 1. The first-order valence-corrected chi connectivity index (χ1v) is 12.0. The largest absolute Gasteiger partial charge is 0.465 e. The summed E-state index contributed by atoms with van der Waals surface area (Å²) < 4.78 is 7.01. The lowest BCUT2D eigenvalue weighted by molar-refractivity contribution is -0.143. The number of nitrogens with zero attached hydrogens (tertiary/aromatic N) is 3. The van der Waals surface area contributed by atoms with Gasteiger partial charge in [0.25, 0.3) is 0 Å². The number of fused-ring (bicyclic) bond motifs is 2. The highest BCUT2D eigenvalue weighted by atomic mass is 32.1. The van der Waals surface area contributed by atoms with E-state index in [-0.39, 0.29) is 17.9 Å². The van der Waals surface area contributed by atoms with Crippen LogP contribution in [0.5, 0.6) is 0 Å². The number of aliphatic imine (C=N–C) groups is 1. The maximum atomic E-state index is 12.0. The van der Waals surface area contributed by atoms with Gasteiger partial charge in [0.15, 0.2) is 0 Å². The van der Waals surface area contributed by atoms with Gasteiger partial charge in [-0.2, -0.15) is 5.26 Å².